The first kappa shape index (κ1) is 69.0. The molecule has 0 aromatic heterocycles. The van der Waals surface area contributed by atoms with Gasteiger partial charge in [-0.2, -0.15) is 25.3 Å². The number of aromatic hydroxyl groups is 2. The first-order valence-electron chi connectivity index (χ1n) is 25.4. The molecule has 0 heterocycles. The Kier molecular flexibility index (Phi) is 30.2. The molecule has 2 aromatic carbocycles. The highest BCUT2D eigenvalue weighted by molar-refractivity contribution is 7.80. The van der Waals surface area contributed by atoms with Gasteiger partial charge in [-0.25, -0.2) is 4.79 Å². The number of nitrogens with zero attached hydrogens (tertiary/aromatic N) is 2. The van der Waals surface area contributed by atoms with E-state index in [0.717, 1.165) is 0 Å². The fourth-order valence-electron chi connectivity index (χ4n) is 7.46. The van der Waals surface area contributed by atoms with E-state index in [1.807, 2.05) is 0 Å². The van der Waals surface area contributed by atoms with Crippen LogP contribution in [-0.4, -0.2) is 177 Å². The summed E-state index contributed by atoms with van der Waals surface area (Å²) >= 11 is 7.95. The van der Waals surface area contributed by atoms with E-state index in [1.54, 1.807) is 13.8 Å². The summed E-state index contributed by atoms with van der Waals surface area (Å²) in [5.74, 6) is -12.0. The lowest BCUT2D eigenvalue weighted by Gasteiger charge is -2.28. The van der Waals surface area contributed by atoms with Crippen molar-refractivity contribution in [3.63, 3.8) is 0 Å². The lowest BCUT2D eigenvalue weighted by molar-refractivity contribution is -0.142. The molecule has 0 saturated carbocycles. The van der Waals surface area contributed by atoms with Crippen LogP contribution in [0.15, 0.2) is 58.5 Å². The van der Waals surface area contributed by atoms with Gasteiger partial charge < -0.3 is 97.4 Å². The second kappa shape index (κ2) is 35.5. The van der Waals surface area contributed by atoms with Crippen molar-refractivity contribution in [2.45, 2.75) is 120 Å². The molecule has 0 radical (unpaired) electrons. The number of phenolic OH excluding ortho intramolecular Hbond substituents is 2. The Morgan fingerprint density at radius 3 is 1.22 bits per heavy atom. The fourth-order valence-corrected chi connectivity index (χ4v) is 7.87. The van der Waals surface area contributed by atoms with Crippen molar-refractivity contribution in [2.75, 3.05) is 31.2 Å². The van der Waals surface area contributed by atoms with Crippen LogP contribution < -0.4 is 76.9 Å². The molecule has 0 spiro atoms. The number of carboxylic acid groups (broad SMARTS) is 1. The Hall–Kier alpha value is -8.10. The number of carbonyl (C=O) groups is 10. The number of rotatable bonds is 36. The van der Waals surface area contributed by atoms with Crippen molar-refractivity contribution >= 4 is 96.3 Å². The minimum atomic E-state index is -1.84. The maximum absolute atomic E-state index is 14.5. The molecule has 0 bridgehead atoms. The Balaban J connectivity index is 2.59. The monoisotopic (exact) mass is 1180 g/mol. The zero-order valence-corrected chi connectivity index (χ0v) is 46.5. The summed E-state index contributed by atoms with van der Waals surface area (Å²) in [6.07, 6.45) is -1.60. The zero-order valence-electron chi connectivity index (χ0n) is 44.7. The molecule has 0 aliphatic rings. The van der Waals surface area contributed by atoms with Crippen molar-refractivity contribution in [2.24, 2.45) is 50.3 Å². The summed E-state index contributed by atoms with van der Waals surface area (Å²) in [4.78, 5) is 143. The van der Waals surface area contributed by atoms with Crippen LogP contribution in [0.1, 0.15) is 63.5 Å². The maximum atomic E-state index is 14.5. The van der Waals surface area contributed by atoms with E-state index in [0.29, 0.717) is 11.1 Å². The summed E-state index contributed by atoms with van der Waals surface area (Å²) in [5.41, 5.74) is 34.0. The third-order valence-electron chi connectivity index (χ3n) is 11.7. The summed E-state index contributed by atoms with van der Waals surface area (Å²) in [5, 5.41) is 58.9. The zero-order chi connectivity index (χ0) is 60.9. The average molecular weight is 1180 g/mol. The number of thiol groups is 2. The fraction of sp³-hybridized carbons (Fsp3) is 0.510. The molecule has 448 valence electrons. The van der Waals surface area contributed by atoms with Crippen LogP contribution in [0.2, 0.25) is 0 Å². The number of carbonyl (C=O) groups excluding carboxylic acids is 9. The van der Waals surface area contributed by atoms with Gasteiger partial charge in [-0.3, -0.25) is 53.1 Å². The number of aliphatic hydroxyl groups excluding tert-OH is 1. The highest BCUT2D eigenvalue weighted by Crippen LogP contribution is 2.16. The molecular weight excluding hydrogens is 1100 g/mol. The number of hydrogen-bond acceptors (Lipinski definition) is 18. The van der Waals surface area contributed by atoms with Gasteiger partial charge in [0.05, 0.1) is 19.1 Å². The Bertz CT molecular complexity index is 2520. The second-order valence-corrected chi connectivity index (χ2v) is 19.7. The van der Waals surface area contributed by atoms with Gasteiger partial charge in [-0.05, 0) is 73.4 Å². The number of guanidine groups is 2. The third kappa shape index (κ3) is 26.2. The SMILES string of the molecule is CC(C)C[C@H](NC(=O)[C@H](CC(N)=O)NC(=O)[C@H](Cc1ccc(O)cc1)NC(=O)[C@H](Cc1ccc(O)cc1)NC(=O)[C@H](CCCN=C(N)N)NC(=O)[C@@H](N)CS)C(=O)N[C@@H](CCCN=C(N)N)C(=O)N[C@@H](CO)C(=O)N[C@@H](CS)C(=O)O. The molecule has 9 atom stereocenters. The number of carboxylic acids is 1. The largest absolute Gasteiger partial charge is 0.508 e. The van der Waals surface area contributed by atoms with Crippen LogP contribution in [0.25, 0.3) is 0 Å². The van der Waals surface area contributed by atoms with Crippen molar-refractivity contribution in [3.8, 4) is 11.5 Å². The Morgan fingerprint density at radius 1 is 0.494 bits per heavy atom. The van der Waals surface area contributed by atoms with Gasteiger partial charge in [0.25, 0.3) is 0 Å². The second-order valence-electron chi connectivity index (χ2n) is 18.9. The topological polar surface area (TPSA) is 529 Å². The van der Waals surface area contributed by atoms with E-state index < -0.39 is 127 Å². The predicted molar refractivity (Wildman–Crippen MR) is 303 cm³/mol. The highest BCUT2D eigenvalue weighted by Gasteiger charge is 2.36. The summed E-state index contributed by atoms with van der Waals surface area (Å²) in [6.45, 7) is 2.39. The van der Waals surface area contributed by atoms with Crippen molar-refractivity contribution in [1.29, 1.82) is 0 Å². The molecular formula is C49H76N16O14S2. The van der Waals surface area contributed by atoms with Gasteiger partial charge in [-0.1, -0.05) is 38.1 Å². The number of primary amides is 1. The summed E-state index contributed by atoms with van der Waals surface area (Å²) in [7, 11) is 0. The van der Waals surface area contributed by atoms with Crippen molar-refractivity contribution in [3.05, 3.63) is 59.7 Å². The van der Waals surface area contributed by atoms with Crippen molar-refractivity contribution < 1.29 is 68.4 Å². The standard InChI is InChI=1S/C49H76N16O14S2/c1-24(2)17-32(42(73)59-31(6-4-16-57-49(54)55)41(72)64-36(21-66)46(77)65-37(23-81)47(78)79)60-45(76)35(20-38(51)69)63-44(75)34(19-26-9-13-28(68)14-10-26)62-43(74)33(18-25-7-11-27(67)12-8-25)61-40(71)30(5-3-15-56-48(52)53)58-39(70)29(50)22-80/h7-14,24,29-37,66-68,80-81H,3-6,15-23,50H2,1-2H3,(H2,51,69)(H,58,70)(H,59,73)(H,60,76)(H,61,71)(H,62,74)(H,63,75)(H,64,72)(H,65,77)(H,78,79)(H4,52,53,56)(H4,54,55,57)/t29-,30-,31-,32-,33-,34-,35-,36-,37-/m0/s1. The number of nitrogens with one attached hydrogen (secondary N) is 8. The molecule has 0 saturated heterocycles. The third-order valence-corrected chi connectivity index (χ3v) is 12.5. The summed E-state index contributed by atoms with van der Waals surface area (Å²) in [6, 6.07) is -2.64. The number of aliphatic carboxylic acids is 1. The highest BCUT2D eigenvalue weighted by atomic mass is 32.1. The van der Waals surface area contributed by atoms with Crippen LogP contribution in [0.4, 0.5) is 0 Å². The minimum Gasteiger partial charge on any atom is -0.508 e. The molecule has 81 heavy (non-hydrogen) atoms. The molecule has 24 N–H and O–H groups in total. The average Bonchev–Trinajstić information content (AvgIpc) is 3.40. The minimum absolute atomic E-state index is 0.0356. The number of amides is 9. The molecule has 2 aromatic rings. The number of phenols is 2. The molecule has 0 aliphatic heterocycles. The van der Waals surface area contributed by atoms with Gasteiger partial charge in [0.1, 0.15) is 59.8 Å². The van der Waals surface area contributed by atoms with Crippen LogP contribution in [0, 0.1) is 5.92 Å². The van der Waals surface area contributed by atoms with Crippen LogP contribution in [0.3, 0.4) is 0 Å². The lowest BCUT2D eigenvalue weighted by atomic mass is 10.00. The van der Waals surface area contributed by atoms with E-state index >= 15 is 0 Å². The van der Waals surface area contributed by atoms with Gasteiger partial charge >= 0.3 is 5.97 Å². The smallest absolute Gasteiger partial charge is 0.327 e. The van der Waals surface area contributed by atoms with Crippen LogP contribution >= 0.6 is 25.3 Å². The van der Waals surface area contributed by atoms with Gasteiger partial charge in [0.15, 0.2) is 11.9 Å². The van der Waals surface area contributed by atoms with E-state index in [9.17, 15) is 68.4 Å². The molecule has 0 fully saturated rings. The number of benzene rings is 2. The van der Waals surface area contributed by atoms with Crippen molar-refractivity contribution in [1.82, 2.24) is 42.5 Å². The summed E-state index contributed by atoms with van der Waals surface area (Å²) < 4.78 is 0. The van der Waals surface area contributed by atoms with E-state index in [-0.39, 0.29) is 98.9 Å². The van der Waals surface area contributed by atoms with Gasteiger partial charge in [0.2, 0.25) is 53.2 Å². The lowest BCUT2D eigenvalue weighted by Crippen LogP contribution is -2.61. The molecule has 2 rings (SSSR count). The van der Waals surface area contributed by atoms with Gasteiger partial charge in [0, 0.05) is 37.4 Å². The van der Waals surface area contributed by atoms with E-state index in [4.69, 9.17) is 34.4 Å². The molecule has 0 aliphatic carbocycles. The molecule has 9 amide bonds. The van der Waals surface area contributed by atoms with E-state index in [1.165, 1.54) is 48.5 Å². The number of hydrogen-bond donors (Lipinski definition) is 20. The quantitative estimate of drug-likeness (QED) is 0.0131. The number of aliphatic imine (C=N–C) groups is 2. The van der Waals surface area contributed by atoms with Crippen LogP contribution in [0.5, 0.6) is 11.5 Å². The first-order chi connectivity index (χ1) is 38.2. The normalized spacial score (nSPS) is 14.3. The number of aliphatic hydroxyl groups is 1. The Labute approximate surface area is 477 Å². The van der Waals surface area contributed by atoms with Gasteiger partial charge in [-0.15, -0.1) is 0 Å². The predicted octanol–water partition coefficient (Wildman–Crippen LogP) is -5.95. The molecule has 0 unspecified atom stereocenters. The molecule has 30 nitrogen and oxygen atoms in total. The first-order valence-corrected chi connectivity index (χ1v) is 26.6. The van der Waals surface area contributed by atoms with Crippen LogP contribution in [-0.2, 0) is 60.8 Å². The maximum Gasteiger partial charge on any atom is 0.327 e. The Morgan fingerprint density at radius 2 is 0.840 bits per heavy atom. The van der Waals surface area contributed by atoms with E-state index in [2.05, 4.69) is 77.8 Å². The number of nitrogens with two attached hydrogens (primary N) is 6. The molecule has 32 heteroatoms.